The zero-order valence-electron chi connectivity index (χ0n) is 14.0. The first kappa shape index (κ1) is 18.8. The molecule has 0 bridgehead atoms. The van der Waals surface area contributed by atoms with Crippen LogP contribution >= 0.6 is 15.9 Å². The Kier molecular flexibility index (Phi) is 6.14. The van der Waals surface area contributed by atoms with Gasteiger partial charge in [0.25, 0.3) is 0 Å². The lowest BCUT2D eigenvalue weighted by Crippen LogP contribution is -2.46. The van der Waals surface area contributed by atoms with E-state index in [0.29, 0.717) is 25.9 Å². The molecule has 1 N–H and O–H groups in total. The summed E-state index contributed by atoms with van der Waals surface area (Å²) in [6.07, 6.45) is 3.49. The van der Waals surface area contributed by atoms with Gasteiger partial charge in [0.2, 0.25) is 15.9 Å². The zero-order chi connectivity index (χ0) is 17.9. The van der Waals surface area contributed by atoms with Gasteiger partial charge in [0.1, 0.15) is 0 Å². The molecule has 2 fully saturated rings. The Balaban J connectivity index is 1.61. The van der Waals surface area contributed by atoms with Crippen molar-refractivity contribution in [2.75, 3.05) is 26.2 Å². The Labute approximate surface area is 157 Å². The summed E-state index contributed by atoms with van der Waals surface area (Å²) in [7, 11) is -3.57. The number of sulfonamides is 1. The molecule has 0 aliphatic carbocycles. The minimum atomic E-state index is -3.57. The summed E-state index contributed by atoms with van der Waals surface area (Å²) in [4.78, 5) is 12.7. The molecule has 0 radical (unpaired) electrons. The number of halogens is 1. The maximum absolute atomic E-state index is 12.8. The number of amides is 1. The van der Waals surface area contributed by atoms with Crippen LogP contribution in [-0.4, -0.2) is 51.0 Å². The average Bonchev–Trinajstić information content (AvgIpc) is 3.14. The zero-order valence-corrected chi connectivity index (χ0v) is 16.4. The van der Waals surface area contributed by atoms with E-state index in [1.54, 1.807) is 24.3 Å². The van der Waals surface area contributed by atoms with Crippen LogP contribution in [0.25, 0.3) is 0 Å². The third-order valence-electron chi connectivity index (χ3n) is 4.73. The number of nitrogens with one attached hydrogen (secondary N) is 1. The maximum Gasteiger partial charge on any atom is 0.243 e. The third kappa shape index (κ3) is 4.61. The minimum Gasteiger partial charge on any atom is -0.376 e. The van der Waals surface area contributed by atoms with Crippen LogP contribution < -0.4 is 5.32 Å². The predicted octanol–water partition coefficient (Wildman–Crippen LogP) is 2.14. The van der Waals surface area contributed by atoms with Gasteiger partial charge in [0.15, 0.2) is 0 Å². The van der Waals surface area contributed by atoms with Crippen molar-refractivity contribution >= 4 is 31.9 Å². The van der Waals surface area contributed by atoms with Crippen molar-refractivity contribution in [3.63, 3.8) is 0 Å². The number of ether oxygens (including phenoxy) is 1. The normalized spacial score (nSPS) is 25.0. The monoisotopic (exact) mass is 430 g/mol. The van der Waals surface area contributed by atoms with E-state index in [9.17, 15) is 13.2 Å². The van der Waals surface area contributed by atoms with E-state index in [4.69, 9.17) is 4.74 Å². The Morgan fingerprint density at radius 2 is 2.00 bits per heavy atom. The number of piperidine rings is 1. The van der Waals surface area contributed by atoms with Crippen LogP contribution in [0.5, 0.6) is 0 Å². The number of carbonyl (C=O) groups is 1. The lowest BCUT2D eigenvalue weighted by Gasteiger charge is -2.31. The van der Waals surface area contributed by atoms with Crippen LogP contribution in [0.15, 0.2) is 33.6 Å². The molecular formula is C17H23BrN2O4S. The van der Waals surface area contributed by atoms with Gasteiger partial charge < -0.3 is 10.1 Å². The van der Waals surface area contributed by atoms with Gasteiger partial charge in [-0.25, -0.2) is 8.42 Å². The average molecular weight is 431 g/mol. The summed E-state index contributed by atoms with van der Waals surface area (Å²) in [6, 6.07) is 6.59. The molecule has 1 amide bonds. The van der Waals surface area contributed by atoms with Crippen molar-refractivity contribution in [1.82, 2.24) is 9.62 Å². The summed E-state index contributed by atoms with van der Waals surface area (Å²) in [5.74, 6) is -0.383. The van der Waals surface area contributed by atoms with E-state index in [-0.39, 0.29) is 29.4 Å². The van der Waals surface area contributed by atoms with Crippen LogP contribution in [0.3, 0.4) is 0 Å². The molecule has 0 spiro atoms. The lowest BCUT2D eigenvalue weighted by atomic mass is 9.99. The summed E-state index contributed by atoms with van der Waals surface area (Å²) < 4.78 is 33.4. The molecule has 1 aromatic rings. The highest BCUT2D eigenvalue weighted by Crippen LogP contribution is 2.25. The summed E-state index contributed by atoms with van der Waals surface area (Å²) in [5, 5.41) is 2.92. The molecule has 8 heteroatoms. The molecule has 2 aliphatic heterocycles. The molecule has 2 saturated heterocycles. The fourth-order valence-electron chi connectivity index (χ4n) is 3.29. The molecule has 2 atom stereocenters. The Morgan fingerprint density at radius 3 is 2.68 bits per heavy atom. The van der Waals surface area contributed by atoms with E-state index in [1.807, 2.05) is 0 Å². The Hall–Kier alpha value is -0.960. The fourth-order valence-corrected chi connectivity index (χ4v) is 5.08. The minimum absolute atomic E-state index is 0.0776. The molecule has 2 heterocycles. The predicted molar refractivity (Wildman–Crippen MR) is 97.6 cm³/mol. The van der Waals surface area contributed by atoms with Crippen molar-refractivity contribution in [2.45, 2.75) is 36.7 Å². The number of hydrogen-bond donors (Lipinski definition) is 1. The van der Waals surface area contributed by atoms with E-state index in [2.05, 4.69) is 21.2 Å². The van der Waals surface area contributed by atoms with Crippen LogP contribution in [0, 0.1) is 5.92 Å². The highest BCUT2D eigenvalue weighted by molar-refractivity contribution is 9.10. The highest BCUT2D eigenvalue weighted by Gasteiger charge is 2.33. The summed E-state index contributed by atoms with van der Waals surface area (Å²) in [5.41, 5.74) is 0. The van der Waals surface area contributed by atoms with Crippen molar-refractivity contribution < 1.29 is 17.9 Å². The molecule has 3 rings (SSSR count). The third-order valence-corrected chi connectivity index (χ3v) is 7.14. The van der Waals surface area contributed by atoms with Crippen LogP contribution in [0.4, 0.5) is 0 Å². The summed E-state index contributed by atoms with van der Waals surface area (Å²) >= 11 is 3.31. The topological polar surface area (TPSA) is 75.7 Å². The Bertz CT molecular complexity index is 702. The van der Waals surface area contributed by atoms with Gasteiger partial charge in [0, 0.05) is 30.7 Å². The molecule has 1 aromatic carbocycles. The smallest absolute Gasteiger partial charge is 0.243 e. The molecular weight excluding hydrogens is 408 g/mol. The van der Waals surface area contributed by atoms with E-state index < -0.39 is 10.0 Å². The van der Waals surface area contributed by atoms with Gasteiger partial charge in [-0.2, -0.15) is 4.31 Å². The standard InChI is InChI=1S/C17H23BrN2O4S/c18-14-5-7-16(8-6-14)25(22,23)20-9-1-3-13(12-20)17(21)19-11-15-4-2-10-24-15/h5-8,13,15H,1-4,9-12H2,(H,19,21)/t13-,15+/m0/s1. The molecule has 25 heavy (non-hydrogen) atoms. The van der Waals surface area contributed by atoms with Crippen molar-refractivity contribution in [2.24, 2.45) is 5.92 Å². The molecule has 0 saturated carbocycles. The van der Waals surface area contributed by atoms with Crippen LogP contribution in [-0.2, 0) is 19.6 Å². The largest absolute Gasteiger partial charge is 0.376 e. The first-order chi connectivity index (χ1) is 12.0. The van der Waals surface area contributed by atoms with E-state index in [0.717, 1.165) is 23.9 Å². The molecule has 6 nitrogen and oxygen atoms in total. The highest BCUT2D eigenvalue weighted by atomic mass is 79.9. The van der Waals surface area contributed by atoms with Crippen LogP contribution in [0.1, 0.15) is 25.7 Å². The number of carbonyl (C=O) groups excluding carboxylic acids is 1. The van der Waals surface area contributed by atoms with Gasteiger partial charge in [-0.3, -0.25) is 4.79 Å². The number of nitrogens with zero attached hydrogens (tertiary/aromatic N) is 1. The molecule has 2 aliphatic rings. The SMILES string of the molecule is O=C(NC[C@H]1CCCO1)[C@H]1CCCN(S(=O)(=O)c2ccc(Br)cc2)C1. The van der Waals surface area contributed by atoms with Gasteiger partial charge in [-0.15, -0.1) is 0 Å². The molecule has 0 aromatic heterocycles. The first-order valence-electron chi connectivity index (χ1n) is 8.62. The fraction of sp³-hybridized carbons (Fsp3) is 0.588. The van der Waals surface area contributed by atoms with Crippen molar-refractivity contribution in [1.29, 1.82) is 0 Å². The van der Waals surface area contributed by atoms with Gasteiger partial charge in [0.05, 0.1) is 16.9 Å². The summed E-state index contributed by atoms with van der Waals surface area (Å²) in [6.45, 7) is 1.95. The maximum atomic E-state index is 12.8. The quantitative estimate of drug-likeness (QED) is 0.776. The van der Waals surface area contributed by atoms with Crippen molar-refractivity contribution in [3.8, 4) is 0 Å². The molecule has 0 unspecified atom stereocenters. The second-order valence-electron chi connectivity index (χ2n) is 6.54. The number of benzene rings is 1. The van der Waals surface area contributed by atoms with E-state index in [1.165, 1.54) is 4.31 Å². The number of hydrogen-bond acceptors (Lipinski definition) is 4. The van der Waals surface area contributed by atoms with Gasteiger partial charge in [-0.05, 0) is 49.9 Å². The first-order valence-corrected chi connectivity index (χ1v) is 10.8. The van der Waals surface area contributed by atoms with E-state index >= 15 is 0 Å². The molecule has 138 valence electrons. The van der Waals surface area contributed by atoms with Crippen molar-refractivity contribution in [3.05, 3.63) is 28.7 Å². The second-order valence-corrected chi connectivity index (χ2v) is 9.39. The second kappa shape index (κ2) is 8.16. The van der Waals surface area contributed by atoms with Crippen LogP contribution in [0.2, 0.25) is 0 Å². The van der Waals surface area contributed by atoms with Gasteiger partial charge >= 0.3 is 0 Å². The lowest BCUT2D eigenvalue weighted by molar-refractivity contribution is -0.126. The number of rotatable bonds is 5. The van der Waals surface area contributed by atoms with Gasteiger partial charge in [-0.1, -0.05) is 15.9 Å². The Morgan fingerprint density at radius 1 is 1.24 bits per heavy atom.